The van der Waals surface area contributed by atoms with Gasteiger partial charge in [0.25, 0.3) is 5.91 Å². The van der Waals surface area contributed by atoms with Gasteiger partial charge in [-0.2, -0.15) is 0 Å². The number of aryl methyl sites for hydroxylation is 1. The van der Waals surface area contributed by atoms with Crippen LogP contribution in [0.2, 0.25) is 0 Å². The van der Waals surface area contributed by atoms with E-state index in [1.165, 1.54) is 0 Å². The van der Waals surface area contributed by atoms with Crippen molar-refractivity contribution in [3.05, 3.63) is 29.8 Å². The predicted molar refractivity (Wildman–Crippen MR) is 82.3 cm³/mol. The molecule has 0 bridgehead atoms. The zero-order valence-corrected chi connectivity index (χ0v) is 12.7. The van der Waals surface area contributed by atoms with Gasteiger partial charge in [-0.15, -0.1) is 12.4 Å². The lowest BCUT2D eigenvalue weighted by Crippen LogP contribution is -2.33. The van der Waals surface area contributed by atoms with Gasteiger partial charge in [0.05, 0.1) is 0 Å². The molecule has 2 N–H and O–H groups in total. The van der Waals surface area contributed by atoms with Gasteiger partial charge >= 0.3 is 0 Å². The average molecular weight is 299 g/mol. The van der Waals surface area contributed by atoms with Crippen molar-refractivity contribution in [2.75, 3.05) is 26.2 Å². The van der Waals surface area contributed by atoms with Crippen molar-refractivity contribution in [3.63, 3.8) is 0 Å². The molecule has 1 aliphatic rings. The molecule has 112 valence electrons. The number of carbonyl (C=O) groups excluding carboxylic acids is 1. The molecular weight excluding hydrogens is 276 g/mol. The second-order valence-corrected chi connectivity index (χ2v) is 4.98. The molecule has 1 heterocycles. The van der Waals surface area contributed by atoms with Crippen LogP contribution in [0, 0.1) is 5.92 Å². The smallest absolute Gasteiger partial charge is 0.260 e. The van der Waals surface area contributed by atoms with Gasteiger partial charge in [0, 0.05) is 13.1 Å². The summed E-state index contributed by atoms with van der Waals surface area (Å²) >= 11 is 0. The number of para-hydroxylation sites is 1. The van der Waals surface area contributed by atoms with Crippen LogP contribution in [0.15, 0.2) is 24.3 Å². The second kappa shape index (κ2) is 8.12. The molecule has 2 rings (SSSR count). The van der Waals surface area contributed by atoms with Crippen LogP contribution in [0.4, 0.5) is 0 Å². The molecule has 0 aliphatic carbocycles. The minimum absolute atomic E-state index is 0. The average Bonchev–Trinajstić information content (AvgIpc) is 2.94. The Bertz CT molecular complexity index is 440. The summed E-state index contributed by atoms with van der Waals surface area (Å²) in [6.07, 6.45) is 1.91. The summed E-state index contributed by atoms with van der Waals surface area (Å²) in [5.74, 6) is 1.32. The molecule has 1 saturated heterocycles. The highest BCUT2D eigenvalue weighted by molar-refractivity contribution is 5.85. The molecule has 0 aromatic heterocycles. The van der Waals surface area contributed by atoms with Crippen molar-refractivity contribution < 1.29 is 9.53 Å². The zero-order chi connectivity index (χ0) is 13.7. The lowest BCUT2D eigenvalue weighted by atomic mass is 10.1. The number of rotatable bonds is 5. The van der Waals surface area contributed by atoms with Crippen molar-refractivity contribution in [1.82, 2.24) is 4.90 Å². The molecule has 1 atom stereocenters. The van der Waals surface area contributed by atoms with E-state index in [-0.39, 0.29) is 24.9 Å². The van der Waals surface area contributed by atoms with Gasteiger partial charge in [0.2, 0.25) is 0 Å². The molecule has 0 spiro atoms. The van der Waals surface area contributed by atoms with E-state index in [0.717, 1.165) is 37.2 Å². The Morgan fingerprint density at radius 1 is 1.45 bits per heavy atom. The van der Waals surface area contributed by atoms with Crippen LogP contribution in [-0.4, -0.2) is 37.0 Å². The summed E-state index contributed by atoms with van der Waals surface area (Å²) < 4.78 is 5.65. The standard InChI is InChI=1S/C15H22N2O2.ClH/c1-2-13-5-3-4-6-14(13)19-11-15(18)17-8-7-12(9-16)10-17;/h3-6,12H,2,7-11,16H2,1H3;1H. The van der Waals surface area contributed by atoms with Gasteiger partial charge in [0.15, 0.2) is 6.61 Å². The van der Waals surface area contributed by atoms with Crippen LogP contribution in [0.5, 0.6) is 5.75 Å². The quantitative estimate of drug-likeness (QED) is 0.903. The highest BCUT2D eigenvalue weighted by Crippen LogP contribution is 2.19. The first kappa shape index (κ1) is 16.8. The van der Waals surface area contributed by atoms with Gasteiger partial charge in [-0.1, -0.05) is 25.1 Å². The first-order valence-corrected chi connectivity index (χ1v) is 6.93. The third kappa shape index (κ3) is 4.12. The van der Waals surface area contributed by atoms with E-state index in [9.17, 15) is 4.79 Å². The maximum Gasteiger partial charge on any atom is 0.260 e. The molecular formula is C15H23ClN2O2. The number of hydrogen-bond acceptors (Lipinski definition) is 3. The number of benzene rings is 1. The monoisotopic (exact) mass is 298 g/mol. The molecule has 20 heavy (non-hydrogen) atoms. The minimum Gasteiger partial charge on any atom is -0.483 e. The third-order valence-corrected chi connectivity index (χ3v) is 3.68. The fourth-order valence-electron chi connectivity index (χ4n) is 2.42. The number of likely N-dealkylation sites (tertiary alicyclic amines) is 1. The van der Waals surface area contributed by atoms with E-state index in [0.29, 0.717) is 12.5 Å². The van der Waals surface area contributed by atoms with Crippen LogP contribution in [-0.2, 0) is 11.2 Å². The van der Waals surface area contributed by atoms with Gasteiger partial charge in [-0.05, 0) is 36.9 Å². The Kier molecular flexibility index (Phi) is 6.82. The van der Waals surface area contributed by atoms with Crippen LogP contribution < -0.4 is 10.5 Å². The van der Waals surface area contributed by atoms with Crippen LogP contribution >= 0.6 is 12.4 Å². The molecule has 1 unspecified atom stereocenters. The van der Waals surface area contributed by atoms with Crippen LogP contribution in [0.3, 0.4) is 0 Å². The molecule has 1 aliphatic heterocycles. The number of nitrogens with two attached hydrogens (primary N) is 1. The summed E-state index contributed by atoms with van der Waals surface area (Å²) in [5.41, 5.74) is 6.77. The van der Waals surface area contributed by atoms with Crippen molar-refractivity contribution in [2.24, 2.45) is 11.7 Å². The topological polar surface area (TPSA) is 55.6 Å². The largest absolute Gasteiger partial charge is 0.483 e. The van der Waals surface area contributed by atoms with Crippen LogP contribution in [0.1, 0.15) is 18.9 Å². The Hall–Kier alpha value is -1.26. The fraction of sp³-hybridized carbons (Fsp3) is 0.533. The molecule has 1 fully saturated rings. The molecule has 0 radical (unpaired) electrons. The third-order valence-electron chi connectivity index (χ3n) is 3.68. The predicted octanol–water partition coefficient (Wildman–Crippen LogP) is 1.86. The minimum atomic E-state index is 0. The summed E-state index contributed by atoms with van der Waals surface area (Å²) in [7, 11) is 0. The summed E-state index contributed by atoms with van der Waals surface area (Å²) in [6, 6.07) is 7.86. The molecule has 1 amide bonds. The summed E-state index contributed by atoms with van der Waals surface area (Å²) in [6.45, 7) is 4.43. The van der Waals surface area contributed by atoms with Gasteiger partial charge in [-0.25, -0.2) is 0 Å². The number of ether oxygens (including phenoxy) is 1. The van der Waals surface area contributed by atoms with E-state index < -0.39 is 0 Å². The first-order chi connectivity index (χ1) is 9.24. The Labute approximate surface area is 126 Å². The van der Waals surface area contributed by atoms with Gasteiger partial charge in [-0.3, -0.25) is 4.79 Å². The highest BCUT2D eigenvalue weighted by atomic mass is 35.5. The number of nitrogens with zero attached hydrogens (tertiary/aromatic N) is 1. The number of halogens is 1. The number of hydrogen-bond donors (Lipinski definition) is 1. The molecule has 1 aromatic rings. The second-order valence-electron chi connectivity index (χ2n) is 4.98. The number of amides is 1. The molecule has 4 nitrogen and oxygen atoms in total. The van der Waals surface area contributed by atoms with Crippen molar-refractivity contribution >= 4 is 18.3 Å². The summed E-state index contributed by atoms with van der Waals surface area (Å²) in [4.78, 5) is 13.9. The van der Waals surface area contributed by atoms with Crippen molar-refractivity contribution in [3.8, 4) is 5.75 Å². The van der Waals surface area contributed by atoms with E-state index in [1.807, 2.05) is 29.2 Å². The molecule has 0 saturated carbocycles. The SMILES string of the molecule is CCc1ccccc1OCC(=O)N1CCC(CN)C1.Cl. The fourth-order valence-corrected chi connectivity index (χ4v) is 2.42. The molecule has 5 heteroatoms. The van der Waals surface area contributed by atoms with Gasteiger partial charge in [0.1, 0.15) is 5.75 Å². The zero-order valence-electron chi connectivity index (χ0n) is 11.9. The van der Waals surface area contributed by atoms with E-state index in [4.69, 9.17) is 10.5 Å². The summed E-state index contributed by atoms with van der Waals surface area (Å²) in [5, 5.41) is 0. The Morgan fingerprint density at radius 3 is 2.85 bits per heavy atom. The maximum absolute atomic E-state index is 12.0. The van der Waals surface area contributed by atoms with E-state index in [2.05, 4.69) is 6.92 Å². The molecule has 1 aromatic carbocycles. The van der Waals surface area contributed by atoms with E-state index in [1.54, 1.807) is 0 Å². The van der Waals surface area contributed by atoms with Crippen LogP contribution in [0.25, 0.3) is 0 Å². The van der Waals surface area contributed by atoms with Crippen molar-refractivity contribution in [2.45, 2.75) is 19.8 Å². The normalized spacial score (nSPS) is 17.7. The first-order valence-electron chi connectivity index (χ1n) is 6.93. The highest BCUT2D eigenvalue weighted by Gasteiger charge is 2.25. The number of carbonyl (C=O) groups is 1. The Morgan fingerprint density at radius 2 is 2.20 bits per heavy atom. The van der Waals surface area contributed by atoms with Crippen molar-refractivity contribution in [1.29, 1.82) is 0 Å². The van der Waals surface area contributed by atoms with E-state index >= 15 is 0 Å². The Balaban J connectivity index is 0.00000200. The maximum atomic E-state index is 12.0. The lowest BCUT2D eigenvalue weighted by molar-refractivity contribution is -0.132. The lowest BCUT2D eigenvalue weighted by Gasteiger charge is -2.17. The van der Waals surface area contributed by atoms with Gasteiger partial charge < -0.3 is 15.4 Å².